The van der Waals surface area contributed by atoms with Crippen molar-refractivity contribution >= 4 is 22.6 Å². The number of rotatable bonds is 19. The van der Waals surface area contributed by atoms with Crippen molar-refractivity contribution in [2.45, 2.75) is 39.3 Å². The maximum absolute atomic E-state index is 11.4. The molecule has 0 amide bonds. The van der Waals surface area contributed by atoms with Crippen LogP contribution in [0.15, 0.2) is 0 Å². The molecule has 0 spiro atoms. The number of hydrogen-bond acceptors (Lipinski definition) is 8. The number of carbonyl (C=O) groups is 1. The molecule has 0 bridgehead atoms. The highest BCUT2D eigenvalue weighted by Crippen LogP contribution is 2.03. The van der Waals surface area contributed by atoms with Crippen molar-refractivity contribution in [3.05, 3.63) is 0 Å². The average molecular weight is 441 g/mol. The summed E-state index contributed by atoms with van der Waals surface area (Å²) in [6.45, 7) is 17.4. The van der Waals surface area contributed by atoms with Crippen LogP contribution in [0, 0.1) is 0 Å². The lowest BCUT2D eigenvalue weighted by Gasteiger charge is -2.17. The Morgan fingerprint density at radius 3 is 1.25 bits per heavy atom. The Kier molecular flexibility index (Phi) is 16.3. The maximum atomic E-state index is 11.4. The summed E-state index contributed by atoms with van der Waals surface area (Å²) in [6, 6.07) is 0. The van der Waals surface area contributed by atoms with Crippen molar-refractivity contribution in [2.75, 3.05) is 72.7 Å². The number of ether oxygens (including phenoxy) is 5. The van der Waals surface area contributed by atoms with Gasteiger partial charge in [-0.05, 0) is 39.3 Å². The lowest BCUT2D eigenvalue weighted by Crippen LogP contribution is -2.31. The Bertz CT molecular complexity index is 383. The van der Waals surface area contributed by atoms with Crippen LogP contribution in [-0.2, 0) is 37.3 Å². The summed E-state index contributed by atoms with van der Waals surface area (Å²) in [5, 5.41) is 0. The summed E-state index contributed by atoms with van der Waals surface area (Å²) in [7, 11) is -3.27. The minimum Gasteiger partial charge on any atom is -0.518 e. The van der Waals surface area contributed by atoms with E-state index in [1.54, 1.807) is 0 Å². The topological polar surface area (TPSA) is 81.7 Å². The van der Waals surface area contributed by atoms with Gasteiger partial charge in [0.1, 0.15) is 6.61 Å². The van der Waals surface area contributed by atoms with Gasteiger partial charge >= 0.3 is 5.97 Å². The molecule has 10 heteroatoms. The van der Waals surface area contributed by atoms with E-state index < -0.39 is 16.6 Å². The van der Waals surface area contributed by atoms with Crippen LogP contribution < -0.4 is 0 Å². The van der Waals surface area contributed by atoms with Crippen molar-refractivity contribution in [1.82, 2.24) is 0 Å². The molecule has 28 heavy (non-hydrogen) atoms. The van der Waals surface area contributed by atoms with Crippen molar-refractivity contribution in [2.24, 2.45) is 0 Å². The quantitative estimate of drug-likeness (QED) is 0.224. The van der Waals surface area contributed by atoms with Crippen molar-refractivity contribution in [3.8, 4) is 0 Å². The third kappa shape index (κ3) is 23.7. The van der Waals surface area contributed by atoms with Gasteiger partial charge in [0.25, 0.3) is 0 Å². The number of hydrogen-bond donors (Lipinski definition) is 0. The molecule has 168 valence electrons. The monoisotopic (exact) mass is 440 g/mol. The molecule has 0 unspecified atom stereocenters. The van der Waals surface area contributed by atoms with Crippen molar-refractivity contribution in [3.63, 3.8) is 0 Å². The van der Waals surface area contributed by atoms with E-state index in [1.165, 1.54) is 0 Å². The van der Waals surface area contributed by atoms with Crippen LogP contribution in [0.1, 0.15) is 0 Å². The molecule has 0 rings (SSSR count). The summed E-state index contributed by atoms with van der Waals surface area (Å²) < 4.78 is 37.8. The Morgan fingerprint density at radius 1 is 0.536 bits per heavy atom. The zero-order chi connectivity index (χ0) is 21.3. The highest BCUT2D eigenvalue weighted by Gasteiger charge is 2.19. The van der Waals surface area contributed by atoms with Gasteiger partial charge in [-0.2, -0.15) is 0 Å². The summed E-state index contributed by atoms with van der Waals surface area (Å²) in [5.41, 5.74) is 0. The van der Waals surface area contributed by atoms with E-state index in [9.17, 15) is 4.79 Å². The number of carbonyl (C=O) groups excluding carboxylic acids is 1. The van der Waals surface area contributed by atoms with Gasteiger partial charge in [0.2, 0.25) is 8.32 Å². The third-order valence-electron chi connectivity index (χ3n) is 2.89. The fourth-order valence-electron chi connectivity index (χ4n) is 1.81. The fraction of sp³-hybridized carbons (Fsp3) is 0.944. The molecular formula is C18H40O8Si2. The zero-order valence-electron chi connectivity index (χ0n) is 18.5. The summed E-state index contributed by atoms with van der Waals surface area (Å²) in [5.74, 6) is -0.312. The van der Waals surface area contributed by atoms with Crippen LogP contribution in [-0.4, -0.2) is 95.3 Å². The van der Waals surface area contributed by atoms with Crippen molar-refractivity contribution < 1.29 is 37.3 Å². The van der Waals surface area contributed by atoms with E-state index in [2.05, 4.69) is 19.6 Å². The summed E-state index contributed by atoms with van der Waals surface area (Å²) in [4.78, 5) is 11.4. The van der Waals surface area contributed by atoms with Gasteiger partial charge in [-0.1, -0.05) is 0 Å². The van der Waals surface area contributed by atoms with E-state index in [1.807, 2.05) is 19.6 Å². The molecule has 0 radical (unpaired) electrons. The molecule has 8 nitrogen and oxygen atoms in total. The Morgan fingerprint density at radius 2 is 0.893 bits per heavy atom. The minimum absolute atomic E-state index is 0.0312. The van der Waals surface area contributed by atoms with Gasteiger partial charge in [-0.25, -0.2) is 0 Å². The summed E-state index contributed by atoms with van der Waals surface area (Å²) in [6.07, 6.45) is 0. The second kappa shape index (κ2) is 16.5. The van der Waals surface area contributed by atoms with E-state index in [-0.39, 0.29) is 12.6 Å². The van der Waals surface area contributed by atoms with Gasteiger partial charge in [0.05, 0.1) is 66.1 Å². The first-order chi connectivity index (χ1) is 13.1. The van der Waals surface area contributed by atoms with Crippen LogP contribution in [0.4, 0.5) is 0 Å². The van der Waals surface area contributed by atoms with E-state index in [0.29, 0.717) is 66.1 Å². The first kappa shape index (κ1) is 27.7. The normalized spacial score (nSPS) is 12.4. The van der Waals surface area contributed by atoms with Crippen LogP contribution in [0.3, 0.4) is 0 Å². The molecule has 0 saturated carbocycles. The smallest absolute Gasteiger partial charge is 0.318 e. The molecule has 0 atom stereocenters. The minimum atomic E-state index is -1.84. The summed E-state index contributed by atoms with van der Waals surface area (Å²) >= 11 is 0. The Labute approximate surface area is 172 Å². The Balaban J connectivity index is 3.17. The van der Waals surface area contributed by atoms with Gasteiger partial charge in [-0.15, -0.1) is 0 Å². The van der Waals surface area contributed by atoms with Gasteiger partial charge < -0.3 is 32.5 Å². The molecular weight excluding hydrogens is 400 g/mol. The molecule has 0 aliphatic carbocycles. The second-order valence-corrected chi connectivity index (χ2v) is 17.0. The third-order valence-corrected chi connectivity index (χ3v) is 4.80. The lowest BCUT2D eigenvalue weighted by atomic mass is 10.7. The average Bonchev–Trinajstić information content (AvgIpc) is 2.55. The van der Waals surface area contributed by atoms with Crippen molar-refractivity contribution in [1.29, 1.82) is 0 Å². The molecule has 0 aromatic rings. The molecule has 0 N–H and O–H groups in total. The largest absolute Gasteiger partial charge is 0.518 e. The van der Waals surface area contributed by atoms with E-state index in [0.717, 1.165) is 0 Å². The molecule has 0 heterocycles. The molecule has 0 fully saturated rings. The van der Waals surface area contributed by atoms with E-state index in [4.69, 9.17) is 32.5 Å². The van der Waals surface area contributed by atoms with Crippen LogP contribution in [0.25, 0.3) is 0 Å². The standard InChI is InChI=1S/C18H40O8Si2/c1-27(2,3)25-16-15-23-12-11-21-8-7-20-9-10-22-13-14-24-17-18(19)26-28(4,5)6/h7-17H2,1-6H3. The maximum Gasteiger partial charge on any atom is 0.318 e. The predicted molar refractivity (Wildman–Crippen MR) is 113 cm³/mol. The predicted octanol–water partition coefficient (Wildman–Crippen LogP) is 2.30. The van der Waals surface area contributed by atoms with Gasteiger partial charge in [0, 0.05) is 0 Å². The fourth-order valence-corrected chi connectivity index (χ4v) is 3.25. The van der Waals surface area contributed by atoms with Crippen LogP contribution in [0.2, 0.25) is 39.3 Å². The van der Waals surface area contributed by atoms with Gasteiger partial charge in [-0.3, -0.25) is 4.79 Å². The lowest BCUT2D eigenvalue weighted by molar-refractivity contribution is -0.140. The highest BCUT2D eigenvalue weighted by molar-refractivity contribution is 6.71. The second-order valence-electron chi connectivity index (χ2n) is 8.05. The molecule has 0 aliphatic heterocycles. The molecule has 0 saturated heterocycles. The first-order valence-electron chi connectivity index (χ1n) is 9.85. The Hall–Kier alpha value is -0.336. The first-order valence-corrected chi connectivity index (χ1v) is 16.7. The molecule has 0 aromatic carbocycles. The molecule has 0 aromatic heterocycles. The van der Waals surface area contributed by atoms with E-state index >= 15 is 0 Å². The van der Waals surface area contributed by atoms with Crippen LogP contribution >= 0.6 is 0 Å². The molecule has 0 aliphatic rings. The zero-order valence-corrected chi connectivity index (χ0v) is 20.5. The van der Waals surface area contributed by atoms with Gasteiger partial charge in [0.15, 0.2) is 8.32 Å². The SMILES string of the molecule is C[Si](C)(C)OCCOCCOCCOCCOCCOCC(=O)O[Si](C)(C)C. The highest BCUT2D eigenvalue weighted by atomic mass is 28.4. The van der Waals surface area contributed by atoms with Crippen LogP contribution in [0.5, 0.6) is 0 Å².